The van der Waals surface area contributed by atoms with Gasteiger partial charge in [-0.15, -0.1) is 11.3 Å². The van der Waals surface area contributed by atoms with Crippen LogP contribution in [-0.4, -0.2) is 29.8 Å². The molecule has 0 aliphatic carbocycles. The number of thiophene rings is 1. The quantitative estimate of drug-likeness (QED) is 0.812. The summed E-state index contributed by atoms with van der Waals surface area (Å²) in [7, 11) is 0. The Labute approximate surface area is 108 Å². The molecule has 0 saturated carbocycles. The maximum Gasteiger partial charge on any atom is 0.0585 e. The zero-order chi connectivity index (χ0) is 11.1. The Balaban J connectivity index is 2.27. The van der Waals surface area contributed by atoms with Crippen molar-refractivity contribution in [2.75, 3.05) is 18.6 Å². The topological polar surface area (TPSA) is 32.3 Å². The number of halogens is 1. The van der Waals surface area contributed by atoms with Crippen molar-refractivity contribution in [1.29, 1.82) is 0 Å². The monoisotopic (exact) mass is 309 g/mol. The van der Waals surface area contributed by atoms with E-state index in [1.54, 1.807) is 11.3 Å². The van der Waals surface area contributed by atoms with Gasteiger partial charge in [-0.25, -0.2) is 0 Å². The predicted molar refractivity (Wildman–Crippen MR) is 72.7 cm³/mol. The minimum absolute atomic E-state index is 0.215. The summed E-state index contributed by atoms with van der Waals surface area (Å²) >= 11 is 6.97. The summed E-state index contributed by atoms with van der Waals surface area (Å²) in [5.41, 5.74) is 0. The number of aliphatic hydroxyl groups is 1. The molecule has 1 atom stereocenters. The predicted octanol–water partition coefficient (Wildman–Crippen LogP) is 2.71. The molecule has 15 heavy (non-hydrogen) atoms. The van der Waals surface area contributed by atoms with Gasteiger partial charge in [0.2, 0.25) is 0 Å². The summed E-state index contributed by atoms with van der Waals surface area (Å²) in [5.74, 6) is 1.09. The Morgan fingerprint density at radius 2 is 2.47 bits per heavy atom. The highest BCUT2D eigenvalue weighted by molar-refractivity contribution is 9.10. The van der Waals surface area contributed by atoms with E-state index in [-0.39, 0.29) is 12.6 Å². The van der Waals surface area contributed by atoms with Crippen LogP contribution >= 0.6 is 39.0 Å². The molecule has 0 amide bonds. The standard InChI is InChI=1S/C10H16BrNOS2/c1-14-3-2-9(6-13)12-5-10-4-8(11)7-15-10/h4,7,9,12-13H,2-3,5-6H2,1H3. The van der Waals surface area contributed by atoms with Crippen LogP contribution in [0.5, 0.6) is 0 Å². The van der Waals surface area contributed by atoms with E-state index in [9.17, 15) is 0 Å². The highest BCUT2D eigenvalue weighted by Crippen LogP contribution is 2.19. The van der Waals surface area contributed by atoms with E-state index in [4.69, 9.17) is 5.11 Å². The van der Waals surface area contributed by atoms with Crippen LogP contribution in [0.3, 0.4) is 0 Å². The number of hydrogen-bond acceptors (Lipinski definition) is 4. The van der Waals surface area contributed by atoms with Gasteiger partial charge in [0, 0.05) is 27.3 Å². The lowest BCUT2D eigenvalue weighted by Gasteiger charge is -2.14. The first-order chi connectivity index (χ1) is 7.26. The van der Waals surface area contributed by atoms with Crippen LogP contribution in [0.2, 0.25) is 0 Å². The van der Waals surface area contributed by atoms with Gasteiger partial charge in [0.05, 0.1) is 6.61 Å². The highest BCUT2D eigenvalue weighted by atomic mass is 79.9. The number of aliphatic hydroxyl groups excluding tert-OH is 1. The molecule has 2 N–H and O–H groups in total. The molecule has 1 aromatic heterocycles. The molecule has 1 aromatic rings. The molecule has 2 nitrogen and oxygen atoms in total. The van der Waals surface area contributed by atoms with Crippen molar-refractivity contribution in [3.63, 3.8) is 0 Å². The fourth-order valence-corrected chi connectivity index (χ4v) is 3.13. The first-order valence-electron chi connectivity index (χ1n) is 4.82. The Bertz CT molecular complexity index is 280. The summed E-state index contributed by atoms with van der Waals surface area (Å²) < 4.78 is 1.13. The van der Waals surface area contributed by atoms with E-state index in [2.05, 4.69) is 38.9 Å². The molecule has 0 spiro atoms. The molecular weight excluding hydrogens is 294 g/mol. The van der Waals surface area contributed by atoms with E-state index in [1.807, 2.05) is 11.8 Å². The van der Waals surface area contributed by atoms with Crippen LogP contribution < -0.4 is 5.32 Å². The van der Waals surface area contributed by atoms with E-state index >= 15 is 0 Å². The second-order valence-corrected chi connectivity index (χ2v) is 6.17. The third-order valence-corrected chi connectivity index (χ3v) is 4.42. The minimum Gasteiger partial charge on any atom is -0.395 e. The number of nitrogens with one attached hydrogen (secondary N) is 1. The first kappa shape index (κ1) is 13.5. The van der Waals surface area contributed by atoms with Crippen molar-refractivity contribution >= 4 is 39.0 Å². The van der Waals surface area contributed by atoms with Crippen LogP contribution in [0.25, 0.3) is 0 Å². The van der Waals surface area contributed by atoms with Gasteiger partial charge in [0.15, 0.2) is 0 Å². The molecule has 5 heteroatoms. The fourth-order valence-electron chi connectivity index (χ4n) is 1.21. The third-order valence-electron chi connectivity index (χ3n) is 2.08. The van der Waals surface area contributed by atoms with E-state index < -0.39 is 0 Å². The Morgan fingerprint density at radius 1 is 1.67 bits per heavy atom. The maximum atomic E-state index is 9.16. The molecule has 0 aliphatic heterocycles. The molecule has 0 bridgehead atoms. The van der Waals surface area contributed by atoms with Gasteiger partial charge in [-0.1, -0.05) is 0 Å². The fraction of sp³-hybridized carbons (Fsp3) is 0.600. The summed E-state index contributed by atoms with van der Waals surface area (Å²) in [6, 6.07) is 2.33. The normalized spacial score (nSPS) is 13.0. The lowest BCUT2D eigenvalue weighted by Crippen LogP contribution is -2.32. The molecule has 86 valence electrons. The zero-order valence-corrected chi connectivity index (χ0v) is 11.9. The molecule has 1 rings (SSSR count). The van der Waals surface area contributed by atoms with Crippen molar-refractivity contribution in [2.24, 2.45) is 0 Å². The first-order valence-corrected chi connectivity index (χ1v) is 7.89. The van der Waals surface area contributed by atoms with Crippen molar-refractivity contribution < 1.29 is 5.11 Å². The van der Waals surface area contributed by atoms with Gasteiger partial charge in [0.25, 0.3) is 0 Å². The van der Waals surface area contributed by atoms with Gasteiger partial charge >= 0.3 is 0 Å². The van der Waals surface area contributed by atoms with Crippen molar-refractivity contribution in [2.45, 2.75) is 19.0 Å². The van der Waals surface area contributed by atoms with Crippen molar-refractivity contribution in [1.82, 2.24) is 5.32 Å². The Hall–Kier alpha value is 0.450. The highest BCUT2D eigenvalue weighted by Gasteiger charge is 2.06. The average Bonchev–Trinajstić information content (AvgIpc) is 2.65. The molecular formula is C10H16BrNOS2. The van der Waals surface area contributed by atoms with Crippen LogP contribution in [0.4, 0.5) is 0 Å². The third kappa shape index (κ3) is 5.36. The van der Waals surface area contributed by atoms with Crippen LogP contribution in [0.15, 0.2) is 15.9 Å². The number of rotatable bonds is 7. The molecule has 0 fully saturated rings. The molecule has 1 heterocycles. The Morgan fingerprint density at radius 3 is 3.00 bits per heavy atom. The zero-order valence-electron chi connectivity index (χ0n) is 8.70. The van der Waals surface area contributed by atoms with Crippen molar-refractivity contribution in [3.05, 3.63) is 20.8 Å². The summed E-state index contributed by atoms with van der Waals surface area (Å²) in [6.45, 7) is 1.06. The van der Waals surface area contributed by atoms with Gasteiger partial charge in [-0.05, 0) is 40.4 Å². The molecule has 0 radical (unpaired) electrons. The number of hydrogen-bond donors (Lipinski definition) is 2. The SMILES string of the molecule is CSCCC(CO)NCc1cc(Br)cs1. The largest absolute Gasteiger partial charge is 0.395 e. The minimum atomic E-state index is 0.215. The smallest absolute Gasteiger partial charge is 0.0585 e. The molecule has 1 unspecified atom stereocenters. The Kier molecular flexibility index (Phi) is 6.92. The molecule has 0 saturated heterocycles. The van der Waals surface area contributed by atoms with E-state index in [0.29, 0.717) is 0 Å². The van der Waals surface area contributed by atoms with Crippen LogP contribution in [-0.2, 0) is 6.54 Å². The van der Waals surface area contributed by atoms with E-state index in [1.165, 1.54) is 4.88 Å². The molecule has 0 aliphatic rings. The summed E-state index contributed by atoms with van der Waals surface area (Å²) in [5, 5.41) is 14.6. The van der Waals surface area contributed by atoms with Crippen molar-refractivity contribution in [3.8, 4) is 0 Å². The summed E-state index contributed by atoms with van der Waals surface area (Å²) in [4.78, 5) is 1.30. The maximum absolute atomic E-state index is 9.16. The lowest BCUT2D eigenvalue weighted by molar-refractivity contribution is 0.239. The van der Waals surface area contributed by atoms with Gasteiger partial charge in [0.1, 0.15) is 0 Å². The number of thioether (sulfide) groups is 1. The average molecular weight is 310 g/mol. The second-order valence-electron chi connectivity index (χ2n) is 3.27. The second kappa shape index (κ2) is 7.68. The summed E-state index contributed by atoms with van der Waals surface area (Å²) in [6.07, 6.45) is 3.11. The van der Waals surface area contributed by atoms with Gasteiger partial charge in [-0.3, -0.25) is 0 Å². The van der Waals surface area contributed by atoms with E-state index in [0.717, 1.165) is 23.2 Å². The van der Waals surface area contributed by atoms with Gasteiger partial charge < -0.3 is 10.4 Å². The lowest BCUT2D eigenvalue weighted by atomic mass is 10.2. The van der Waals surface area contributed by atoms with Gasteiger partial charge in [-0.2, -0.15) is 11.8 Å². The molecule has 0 aromatic carbocycles. The van der Waals surface area contributed by atoms with Crippen LogP contribution in [0, 0.1) is 0 Å². The van der Waals surface area contributed by atoms with Crippen LogP contribution in [0.1, 0.15) is 11.3 Å².